The molecule has 4 heteroatoms. The summed E-state index contributed by atoms with van der Waals surface area (Å²) in [5, 5.41) is 10.7. The maximum Gasteiger partial charge on any atom is 0.336 e. The molecule has 2 aromatic rings. The summed E-state index contributed by atoms with van der Waals surface area (Å²) in [5.41, 5.74) is 2.88. The van der Waals surface area contributed by atoms with E-state index in [1.165, 1.54) is 0 Å². The molecule has 0 amide bonds. The number of rotatable bonds is 2. The lowest BCUT2D eigenvalue weighted by Gasteiger charge is -2.29. The predicted octanol–water partition coefficient (Wildman–Crippen LogP) is 4.66. The molecule has 1 N–H and O–H groups in total. The van der Waals surface area contributed by atoms with Crippen LogP contribution < -0.4 is 0 Å². The van der Waals surface area contributed by atoms with Crippen LogP contribution in [0.2, 0.25) is 5.02 Å². The van der Waals surface area contributed by atoms with Crippen LogP contribution in [0, 0.1) is 5.92 Å². The number of carboxylic acids is 1. The normalized spacial score (nSPS) is 18.0. The van der Waals surface area contributed by atoms with E-state index < -0.39 is 5.97 Å². The first-order valence-electron chi connectivity index (χ1n) is 7.35. The molecule has 0 spiro atoms. The van der Waals surface area contributed by atoms with Crippen LogP contribution in [-0.2, 0) is 6.42 Å². The molecule has 1 aromatic carbocycles. The first kappa shape index (κ1) is 14.3. The summed E-state index contributed by atoms with van der Waals surface area (Å²) in [4.78, 5) is 16.6. The predicted molar refractivity (Wildman–Crippen MR) is 84.2 cm³/mol. The Kier molecular flexibility index (Phi) is 3.62. The van der Waals surface area contributed by atoms with Gasteiger partial charge in [-0.05, 0) is 42.9 Å². The SMILES string of the molecule is CC(C)C1CCCc2c1nc1cccc(Cl)c1c2C(=O)O. The van der Waals surface area contributed by atoms with Crippen LogP contribution in [-0.4, -0.2) is 16.1 Å². The number of aromatic carboxylic acids is 1. The van der Waals surface area contributed by atoms with Crippen LogP contribution in [0.4, 0.5) is 0 Å². The van der Waals surface area contributed by atoms with Crippen LogP contribution >= 0.6 is 11.6 Å². The van der Waals surface area contributed by atoms with Crippen molar-refractivity contribution in [2.45, 2.75) is 39.0 Å². The maximum atomic E-state index is 11.8. The van der Waals surface area contributed by atoms with Gasteiger partial charge in [0.15, 0.2) is 0 Å². The summed E-state index contributed by atoms with van der Waals surface area (Å²) < 4.78 is 0. The Labute approximate surface area is 129 Å². The molecule has 1 unspecified atom stereocenters. The highest BCUT2D eigenvalue weighted by atomic mass is 35.5. The fourth-order valence-electron chi connectivity index (χ4n) is 3.41. The third-order valence-electron chi connectivity index (χ3n) is 4.41. The third kappa shape index (κ3) is 2.30. The molecular formula is C17H18ClNO2. The molecule has 0 aliphatic heterocycles. The van der Waals surface area contributed by atoms with E-state index in [0.29, 0.717) is 33.3 Å². The molecule has 0 fully saturated rings. The Balaban J connectivity index is 2.40. The summed E-state index contributed by atoms with van der Waals surface area (Å²) in [5.74, 6) is -0.124. The van der Waals surface area contributed by atoms with Crippen molar-refractivity contribution < 1.29 is 9.90 Å². The number of halogens is 1. The second-order valence-corrected chi connectivity index (χ2v) is 6.44. The summed E-state index contributed by atoms with van der Waals surface area (Å²) in [6.45, 7) is 4.34. The van der Waals surface area contributed by atoms with Crippen molar-refractivity contribution in [3.63, 3.8) is 0 Å². The van der Waals surface area contributed by atoms with Gasteiger partial charge in [-0.3, -0.25) is 4.98 Å². The topological polar surface area (TPSA) is 50.2 Å². The lowest BCUT2D eigenvalue weighted by atomic mass is 9.78. The van der Waals surface area contributed by atoms with Gasteiger partial charge in [-0.2, -0.15) is 0 Å². The molecule has 1 atom stereocenters. The van der Waals surface area contributed by atoms with Gasteiger partial charge in [-0.15, -0.1) is 0 Å². The number of carbonyl (C=O) groups is 1. The van der Waals surface area contributed by atoms with Gasteiger partial charge < -0.3 is 5.11 Å². The van der Waals surface area contributed by atoms with Crippen molar-refractivity contribution in [1.29, 1.82) is 0 Å². The van der Waals surface area contributed by atoms with Gasteiger partial charge in [0.05, 0.1) is 16.1 Å². The number of hydrogen-bond donors (Lipinski definition) is 1. The number of benzene rings is 1. The molecule has 1 aliphatic carbocycles. The van der Waals surface area contributed by atoms with Crippen molar-refractivity contribution in [1.82, 2.24) is 4.98 Å². The van der Waals surface area contributed by atoms with Gasteiger partial charge in [0.1, 0.15) is 0 Å². The number of fused-ring (bicyclic) bond motifs is 2. The van der Waals surface area contributed by atoms with Crippen molar-refractivity contribution in [2.24, 2.45) is 5.92 Å². The van der Waals surface area contributed by atoms with Crippen molar-refractivity contribution in [2.75, 3.05) is 0 Å². The first-order valence-corrected chi connectivity index (χ1v) is 7.72. The Bertz CT molecular complexity index is 724. The van der Waals surface area contributed by atoms with E-state index in [-0.39, 0.29) is 0 Å². The fraction of sp³-hybridized carbons (Fsp3) is 0.412. The minimum atomic E-state index is -0.906. The van der Waals surface area contributed by atoms with Gasteiger partial charge in [-0.25, -0.2) is 4.79 Å². The van der Waals surface area contributed by atoms with Gasteiger partial charge >= 0.3 is 5.97 Å². The zero-order chi connectivity index (χ0) is 15.1. The molecule has 3 rings (SSSR count). The van der Waals surface area contributed by atoms with E-state index in [2.05, 4.69) is 13.8 Å². The second-order valence-electron chi connectivity index (χ2n) is 6.03. The number of carboxylic acid groups (broad SMARTS) is 1. The zero-order valence-corrected chi connectivity index (χ0v) is 12.9. The average Bonchev–Trinajstić information content (AvgIpc) is 2.44. The van der Waals surface area contributed by atoms with Gasteiger partial charge in [0.2, 0.25) is 0 Å². The third-order valence-corrected chi connectivity index (χ3v) is 4.72. The first-order chi connectivity index (χ1) is 10.0. The Morgan fingerprint density at radius 1 is 1.43 bits per heavy atom. The molecule has 21 heavy (non-hydrogen) atoms. The molecule has 0 radical (unpaired) electrons. The summed E-state index contributed by atoms with van der Waals surface area (Å²) in [7, 11) is 0. The van der Waals surface area contributed by atoms with Crippen LogP contribution in [0.1, 0.15) is 54.2 Å². The van der Waals surface area contributed by atoms with E-state index in [1.807, 2.05) is 12.1 Å². The summed E-state index contributed by atoms with van der Waals surface area (Å²) in [6, 6.07) is 5.40. The lowest BCUT2D eigenvalue weighted by Crippen LogP contribution is -2.20. The van der Waals surface area contributed by atoms with Crippen LogP contribution in [0.5, 0.6) is 0 Å². The Hall–Kier alpha value is -1.61. The van der Waals surface area contributed by atoms with E-state index in [9.17, 15) is 9.90 Å². The lowest BCUT2D eigenvalue weighted by molar-refractivity contribution is 0.0697. The van der Waals surface area contributed by atoms with Crippen LogP contribution in [0.3, 0.4) is 0 Å². The highest BCUT2D eigenvalue weighted by molar-refractivity contribution is 6.36. The molecule has 0 saturated heterocycles. The largest absolute Gasteiger partial charge is 0.478 e. The molecule has 1 aliphatic rings. The standard InChI is InChI=1S/C17H18ClNO2/c1-9(2)10-5-3-6-11-14(17(20)21)15-12(18)7-4-8-13(15)19-16(10)11/h4,7-10H,3,5-6H2,1-2H3,(H,20,21). The van der Waals surface area contributed by atoms with Gasteiger partial charge in [0, 0.05) is 17.0 Å². The molecular weight excluding hydrogens is 286 g/mol. The van der Waals surface area contributed by atoms with Crippen molar-refractivity contribution in [3.05, 3.63) is 40.0 Å². The molecule has 0 saturated carbocycles. The molecule has 1 aromatic heterocycles. The molecule has 0 bridgehead atoms. The van der Waals surface area contributed by atoms with E-state index in [1.54, 1.807) is 6.07 Å². The number of aromatic nitrogens is 1. The number of nitrogens with zero attached hydrogens (tertiary/aromatic N) is 1. The summed E-state index contributed by atoms with van der Waals surface area (Å²) in [6.07, 6.45) is 2.85. The number of pyridine rings is 1. The smallest absolute Gasteiger partial charge is 0.336 e. The highest BCUT2D eigenvalue weighted by Gasteiger charge is 2.30. The second kappa shape index (κ2) is 5.30. The van der Waals surface area contributed by atoms with Crippen molar-refractivity contribution in [3.8, 4) is 0 Å². The number of hydrogen-bond acceptors (Lipinski definition) is 2. The van der Waals surface area contributed by atoms with Gasteiger partial charge in [-0.1, -0.05) is 31.5 Å². The average molecular weight is 304 g/mol. The van der Waals surface area contributed by atoms with Crippen LogP contribution in [0.25, 0.3) is 10.9 Å². The Morgan fingerprint density at radius 2 is 2.19 bits per heavy atom. The quantitative estimate of drug-likeness (QED) is 0.877. The molecule has 110 valence electrons. The maximum absolute atomic E-state index is 11.8. The Morgan fingerprint density at radius 3 is 2.86 bits per heavy atom. The fourth-order valence-corrected chi connectivity index (χ4v) is 3.67. The zero-order valence-electron chi connectivity index (χ0n) is 12.2. The molecule has 3 nitrogen and oxygen atoms in total. The summed E-state index contributed by atoms with van der Waals surface area (Å²) >= 11 is 6.24. The minimum Gasteiger partial charge on any atom is -0.478 e. The monoisotopic (exact) mass is 303 g/mol. The molecule has 1 heterocycles. The highest BCUT2D eigenvalue weighted by Crippen LogP contribution is 2.40. The van der Waals surface area contributed by atoms with E-state index in [4.69, 9.17) is 16.6 Å². The minimum absolute atomic E-state index is 0.329. The van der Waals surface area contributed by atoms with E-state index >= 15 is 0 Å². The van der Waals surface area contributed by atoms with Crippen molar-refractivity contribution >= 4 is 28.5 Å². The van der Waals surface area contributed by atoms with Crippen LogP contribution in [0.15, 0.2) is 18.2 Å². The van der Waals surface area contributed by atoms with E-state index in [0.717, 1.165) is 30.5 Å². The van der Waals surface area contributed by atoms with Gasteiger partial charge in [0.25, 0.3) is 0 Å².